The molecule has 132 valence electrons. The topological polar surface area (TPSA) is 69.4 Å². The molecule has 0 aromatic heterocycles. The lowest BCUT2D eigenvalue weighted by atomic mass is 10.0. The molecule has 1 aliphatic heterocycles. The fraction of sp³-hybridized carbons (Fsp3) is 0.0556. The average Bonchev–Trinajstić information content (AvgIpc) is 2.89. The molecule has 26 heavy (non-hydrogen) atoms. The first-order valence-electron chi connectivity index (χ1n) is 7.27. The summed E-state index contributed by atoms with van der Waals surface area (Å²) in [6, 6.07) is 6.77. The Morgan fingerprint density at radius 3 is 2.42 bits per heavy atom. The Morgan fingerprint density at radius 2 is 1.81 bits per heavy atom. The van der Waals surface area contributed by atoms with Crippen LogP contribution in [0.1, 0.15) is 32.6 Å². The number of ether oxygens (including phenoxy) is 1. The van der Waals surface area contributed by atoms with E-state index in [2.05, 4.69) is 6.58 Å². The fourth-order valence-electron chi connectivity index (χ4n) is 2.55. The van der Waals surface area contributed by atoms with Gasteiger partial charge in [-0.3, -0.25) is 10.1 Å². The van der Waals surface area contributed by atoms with Gasteiger partial charge in [0.05, 0.1) is 16.1 Å². The maximum Gasteiger partial charge on any atom is 0.416 e. The lowest BCUT2D eigenvalue weighted by Crippen LogP contribution is -2.05. The third-order valence-corrected chi connectivity index (χ3v) is 3.82. The van der Waals surface area contributed by atoms with Crippen LogP contribution in [0, 0.1) is 10.1 Å². The summed E-state index contributed by atoms with van der Waals surface area (Å²) in [5.74, 6) is -0.662. The summed E-state index contributed by atoms with van der Waals surface area (Å²) in [5.41, 5.74) is -0.161. The number of hydrogen-bond donors (Lipinski definition) is 0. The van der Waals surface area contributed by atoms with Gasteiger partial charge in [-0.1, -0.05) is 18.7 Å². The molecule has 0 unspecified atom stereocenters. The predicted molar refractivity (Wildman–Crippen MR) is 87.9 cm³/mol. The summed E-state index contributed by atoms with van der Waals surface area (Å²) >= 11 is 0. The smallest absolute Gasteiger partial charge is 0.416 e. The van der Waals surface area contributed by atoms with Gasteiger partial charge in [0.25, 0.3) is 5.69 Å². The van der Waals surface area contributed by atoms with Gasteiger partial charge in [-0.15, -0.1) is 0 Å². The molecule has 0 amide bonds. The number of nitrogens with zero attached hydrogens (tertiary/aromatic N) is 1. The summed E-state index contributed by atoms with van der Waals surface area (Å²) in [5, 5.41) is 10.8. The molecule has 3 rings (SSSR count). The van der Waals surface area contributed by atoms with E-state index < -0.39 is 22.6 Å². The molecular formula is C18H10F3NO4. The van der Waals surface area contributed by atoms with Gasteiger partial charge in [-0.05, 0) is 35.4 Å². The van der Waals surface area contributed by atoms with Crippen molar-refractivity contribution in [2.24, 2.45) is 0 Å². The average molecular weight is 361 g/mol. The van der Waals surface area contributed by atoms with Gasteiger partial charge >= 0.3 is 12.1 Å². The fourth-order valence-corrected chi connectivity index (χ4v) is 2.55. The van der Waals surface area contributed by atoms with Crippen molar-refractivity contribution in [1.82, 2.24) is 0 Å². The highest BCUT2D eigenvalue weighted by molar-refractivity contribution is 6.06. The SMILES string of the molecule is C=Cc1cc(C(F)(F)F)ccc1C=C1OC(=O)c2cc([N+](=O)[O-])ccc21. The molecule has 0 atom stereocenters. The maximum absolute atomic E-state index is 12.8. The van der Waals surface area contributed by atoms with E-state index in [1.54, 1.807) is 0 Å². The van der Waals surface area contributed by atoms with Crippen LogP contribution in [0.5, 0.6) is 0 Å². The molecule has 0 saturated heterocycles. The van der Waals surface area contributed by atoms with Crippen molar-refractivity contribution in [3.63, 3.8) is 0 Å². The van der Waals surface area contributed by atoms with Crippen LogP contribution >= 0.6 is 0 Å². The molecule has 1 heterocycles. The van der Waals surface area contributed by atoms with Gasteiger partial charge in [0.2, 0.25) is 0 Å². The highest BCUT2D eigenvalue weighted by Gasteiger charge is 2.31. The zero-order valence-corrected chi connectivity index (χ0v) is 13.0. The van der Waals surface area contributed by atoms with E-state index in [9.17, 15) is 28.1 Å². The maximum atomic E-state index is 12.8. The highest BCUT2D eigenvalue weighted by atomic mass is 19.4. The van der Waals surface area contributed by atoms with Crippen molar-refractivity contribution >= 4 is 29.6 Å². The standard InChI is InChI=1S/C18H10F3NO4/c1-2-10-7-12(18(19,20)21)4-3-11(10)8-16-14-6-5-13(22(24)25)9-15(14)17(23)26-16/h2-9H,1H2. The number of rotatable bonds is 3. The summed E-state index contributed by atoms with van der Waals surface area (Å²) < 4.78 is 43.6. The van der Waals surface area contributed by atoms with Crippen molar-refractivity contribution in [2.75, 3.05) is 0 Å². The Bertz CT molecular complexity index is 977. The number of fused-ring (bicyclic) bond motifs is 1. The van der Waals surface area contributed by atoms with Gasteiger partial charge < -0.3 is 4.74 Å². The number of benzene rings is 2. The van der Waals surface area contributed by atoms with Gasteiger partial charge in [0, 0.05) is 17.7 Å². The molecule has 2 aromatic carbocycles. The van der Waals surface area contributed by atoms with E-state index in [0.717, 1.165) is 18.2 Å². The largest absolute Gasteiger partial charge is 0.422 e. The van der Waals surface area contributed by atoms with Crippen molar-refractivity contribution in [3.05, 3.63) is 80.9 Å². The van der Waals surface area contributed by atoms with E-state index in [4.69, 9.17) is 4.74 Å². The van der Waals surface area contributed by atoms with Crippen molar-refractivity contribution < 1.29 is 27.6 Å². The van der Waals surface area contributed by atoms with E-state index in [1.807, 2.05) is 0 Å². The molecule has 0 aliphatic carbocycles. The summed E-state index contributed by atoms with van der Waals surface area (Å²) in [6.45, 7) is 3.50. The van der Waals surface area contributed by atoms with Gasteiger partial charge in [0.15, 0.2) is 0 Å². The van der Waals surface area contributed by atoms with Crippen molar-refractivity contribution in [2.45, 2.75) is 6.18 Å². The number of cyclic esters (lactones) is 1. The number of esters is 1. The predicted octanol–water partition coefficient (Wildman–Crippen LogP) is 4.93. The molecule has 8 heteroatoms. The monoisotopic (exact) mass is 361 g/mol. The Kier molecular flexibility index (Phi) is 4.11. The number of non-ortho nitro benzene ring substituents is 1. The second-order valence-corrected chi connectivity index (χ2v) is 5.43. The van der Waals surface area contributed by atoms with Crippen LogP contribution in [0.4, 0.5) is 18.9 Å². The number of nitro benzene ring substituents is 1. The van der Waals surface area contributed by atoms with Crippen LogP contribution in [0.3, 0.4) is 0 Å². The third-order valence-electron chi connectivity index (χ3n) is 3.82. The number of alkyl halides is 3. The Labute approximate surface area is 145 Å². The first kappa shape index (κ1) is 17.4. The molecule has 2 aromatic rings. The van der Waals surface area contributed by atoms with Crippen LogP contribution in [0.2, 0.25) is 0 Å². The zero-order chi connectivity index (χ0) is 19.1. The quantitative estimate of drug-likeness (QED) is 0.442. The third kappa shape index (κ3) is 3.08. The highest BCUT2D eigenvalue weighted by Crippen LogP contribution is 2.35. The molecule has 0 fully saturated rings. The van der Waals surface area contributed by atoms with Crippen LogP contribution in [0.25, 0.3) is 17.9 Å². The lowest BCUT2D eigenvalue weighted by Gasteiger charge is -2.10. The zero-order valence-electron chi connectivity index (χ0n) is 13.0. The Balaban J connectivity index is 2.07. The second kappa shape index (κ2) is 6.14. The van der Waals surface area contributed by atoms with Crippen LogP contribution < -0.4 is 0 Å². The molecule has 0 saturated carbocycles. The van der Waals surface area contributed by atoms with Crippen LogP contribution in [-0.2, 0) is 10.9 Å². The Hall–Kier alpha value is -3.42. The number of halogens is 3. The van der Waals surface area contributed by atoms with Crippen molar-refractivity contribution in [3.8, 4) is 0 Å². The molecule has 5 nitrogen and oxygen atoms in total. The minimum atomic E-state index is -4.49. The molecule has 0 bridgehead atoms. The number of carbonyl (C=O) groups is 1. The van der Waals surface area contributed by atoms with E-state index in [-0.39, 0.29) is 22.6 Å². The molecule has 1 aliphatic rings. The van der Waals surface area contributed by atoms with Crippen LogP contribution in [-0.4, -0.2) is 10.9 Å². The van der Waals surface area contributed by atoms with E-state index >= 15 is 0 Å². The minimum Gasteiger partial charge on any atom is -0.422 e. The molecule has 0 N–H and O–H groups in total. The second-order valence-electron chi connectivity index (χ2n) is 5.43. The molecule has 0 radical (unpaired) electrons. The Morgan fingerprint density at radius 1 is 1.08 bits per heavy atom. The minimum absolute atomic E-state index is 0.0255. The first-order valence-corrected chi connectivity index (χ1v) is 7.27. The number of nitro groups is 1. The number of hydrogen-bond acceptors (Lipinski definition) is 4. The summed E-state index contributed by atoms with van der Waals surface area (Å²) in [4.78, 5) is 22.1. The first-order chi connectivity index (χ1) is 12.2. The van der Waals surface area contributed by atoms with E-state index in [0.29, 0.717) is 11.1 Å². The number of carbonyl (C=O) groups excluding carboxylic acids is 1. The van der Waals surface area contributed by atoms with Gasteiger partial charge in [-0.25, -0.2) is 4.79 Å². The van der Waals surface area contributed by atoms with Crippen LogP contribution in [0.15, 0.2) is 43.0 Å². The normalized spacial score (nSPS) is 14.9. The van der Waals surface area contributed by atoms with Gasteiger partial charge in [-0.2, -0.15) is 13.2 Å². The summed E-state index contributed by atoms with van der Waals surface area (Å²) in [7, 11) is 0. The molecule has 0 spiro atoms. The summed E-state index contributed by atoms with van der Waals surface area (Å²) in [6.07, 6.45) is -1.84. The van der Waals surface area contributed by atoms with Crippen molar-refractivity contribution in [1.29, 1.82) is 0 Å². The van der Waals surface area contributed by atoms with Gasteiger partial charge in [0.1, 0.15) is 5.76 Å². The lowest BCUT2D eigenvalue weighted by molar-refractivity contribution is -0.384. The molecular weight excluding hydrogens is 351 g/mol. The van der Waals surface area contributed by atoms with E-state index in [1.165, 1.54) is 30.4 Å².